The highest BCUT2D eigenvalue weighted by molar-refractivity contribution is 7.80. The Morgan fingerprint density at radius 2 is 2.14 bits per heavy atom. The third-order valence-corrected chi connectivity index (χ3v) is 3.89. The van der Waals surface area contributed by atoms with E-state index >= 15 is 0 Å². The second-order valence-corrected chi connectivity index (χ2v) is 5.63. The number of H-pyrrole nitrogens is 1. The number of anilines is 1. The van der Waals surface area contributed by atoms with Gasteiger partial charge in [0.15, 0.2) is 5.11 Å². The molecular weight excluding hydrogens is 300 g/mol. The minimum absolute atomic E-state index is 0.563. The maximum Gasteiger partial charge on any atom is 0.220 e. The first-order chi connectivity index (χ1) is 10.8. The van der Waals surface area contributed by atoms with Crippen LogP contribution in [0.1, 0.15) is 0 Å². The lowest BCUT2D eigenvalue weighted by molar-refractivity contribution is -0.906. The number of nitrogens with one attached hydrogen (secondary N) is 5. The number of nitrogens with zero attached hydrogens (tertiary/aromatic N) is 1. The second kappa shape index (κ2) is 7.39. The molecule has 0 saturated carbocycles. The Kier molecular flexibility index (Phi) is 5.04. The Hall–Kier alpha value is -1.90. The molecule has 0 spiro atoms. The first-order valence-corrected chi connectivity index (χ1v) is 7.88. The van der Waals surface area contributed by atoms with Crippen molar-refractivity contribution >= 4 is 34.3 Å². The average molecular weight is 321 g/mol. The van der Waals surface area contributed by atoms with E-state index in [2.05, 4.69) is 26.1 Å². The minimum atomic E-state index is 0.563. The number of aromatic nitrogens is 2. The molecule has 1 fully saturated rings. The lowest BCUT2D eigenvalue weighted by atomic mass is 10.3. The number of para-hydroxylation sites is 2. The van der Waals surface area contributed by atoms with Gasteiger partial charge in [-0.1, -0.05) is 12.1 Å². The largest absolute Gasteiger partial charge is 0.370 e. The van der Waals surface area contributed by atoms with E-state index in [1.54, 1.807) is 4.90 Å². The van der Waals surface area contributed by atoms with E-state index in [9.17, 15) is 0 Å². The molecular formula is C14H21N6OS+. The van der Waals surface area contributed by atoms with Crippen molar-refractivity contribution < 1.29 is 9.64 Å². The van der Waals surface area contributed by atoms with Gasteiger partial charge >= 0.3 is 0 Å². The first kappa shape index (κ1) is 15.0. The lowest BCUT2D eigenvalue weighted by Crippen LogP contribution is -3.14. The fourth-order valence-electron chi connectivity index (χ4n) is 2.44. The van der Waals surface area contributed by atoms with Gasteiger partial charge in [-0.15, -0.1) is 0 Å². The van der Waals surface area contributed by atoms with Crippen molar-refractivity contribution in [3.63, 3.8) is 0 Å². The molecule has 0 aliphatic carbocycles. The Morgan fingerprint density at radius 1 is 1.32 bits per heavy atom. The standard InChI is InChI=1S/C14H20N6OS/c22-14(15-5-6-20-7-9-21-10-8-20)19-18-13-16-11-3-1-2-4-12(11)17-13/h1-4H,5-10H2,(H2,15,19,22)(H2,16,17,18)/p+1. The molecule has 1 aliphatic heterocycles. The molecule has 2 heterocycles. The number of hydrogen-bond donors (Lipinski definition) is 5. The SMILES string of the molecule is S=C(NCC[NH+]1CCOCC1)NNc1nc2ccccc2[nH]1. The van der Waals surface area contributed by atoms with Crippen LogP contribution in [0, 0.1) is 0 Å². The summed E-state index contributed by atoms with van der Waals surface area (Å²) in [6, 6.07) is 7.87. The molecule has 7 nitrogen and oxygen atoms in total. The zero-order chi connectivity index (χ0) is 15.2. The van der Waals surface area contributed by atoms with E-state index in [0.717, 1.165) is 50.4 Å². The molecule has 3 rings (SSSR count). The zero-order valence-corrected chi connectivity index (χ0v) is 13.1. The molecule has 22 heavy (non-hydrogen) atoms. The molecule has 1 aromatic heterocycles. The smallest absolute Gasteiger partial charge is 0.220 e. The summed E-state index contributed by atoms with van der Waals surface area (Å²) in [5.74, 6) is 0.643. The summed E-state index contributed by atoms with van der Waals surface area (Å²) in [5, 5.41) is 3.75. The van der Waals surface area contributed by atoms with Crippen molar-refractivity contribution in [3.8, 4) is 0 Å². The van der Waals surface area contributed by atoms with E-state index in [0.29, 0.717) is 11.1 Å². The quantitative estimate of drug-likeness (QED) is 0.369. The van der Waals surface area contributed by atoms with E-state index in [1.165, 1.54) is 0 Å². The Labute approximate surface area is 134 Å². The number of fused-ring (bicyclic) bond motifs is 1. The van der Waals surface area contributed by atoms with Crippen molar-refractivity contribution in [2.75, 3.05) is 44.8 Å². The topological polar surface area (TPSA) is 78.4 Å². The Bertz CT molecular complexity index is 592. The van der Waals surface area contributed by atoms with Crippen molar-refractivity contribution in [2.45, 2.75) is 0 Å². The molecule has 8 heteroatoms. The third kappa shape index (κ3) is 4.06. The van der Waals surface area contributed by atoms with Crippen LogP contribution in [0.4, 0.5) is 5.95 Å². The number of aromatic amines is 1. The third-order valence-electron chi connectivity index (χ3n) is 3.65. The van der Waals surface area contributed by atoms with E-state index in [4.69, 9.17) is 17.0 Å². The van der Waals surface area contributed by atoms with Gasteiger partial charge in [0.25, 0.3) is 0 Å². The molecule has 2 aromatic rings. The summed E-state index contributed by atoms with van der Waals surface area (Å²) < 4.78 is 5.34. The normalized spacial score (nSPS) is 15.6. The van der Waals surface area contributed by atoms with Crippen LogP contribution in [-0.2, 0) is 4.74 Å². The van der Waals surface area contributed by atoms with E-state index in [-0.39, 0.29) is 0 Å². The molecule has 0 atom stereocenters. The highest BCUT2D eigenvalue weighted by Gasteiger charge is 2.12. The zero-order valence-electron chi connectivity index (χ0n) is 12.3. The lowest BCUT2D eigenvalue weighted by Gasteiger charge is -2.24. The molecule has 0 bridgehead atoms. The molecule has 0 unspecified atom stereocenters. The second-order valence-electron chi connectivity index (χ2n) is 5.22. The summed E-state index contributed by atoms with van der Waals surface area (Å²) in [5.41, 5.74) is 7.82. The van der Waals surface area contributed by atoms with Gasteiger partial charge in [0.1, 0.15) is 13.1 Å². The number of benzene rings is 1. The number of morpholine rings is 1. The number of hydrazine groups is 1. The number of quaternary nitrogens is 1. The van der Waals surface area contributed by atoms with Crippen LogP contribution in [0.2, 0.25) is 0 Å². The number of imidazole rings is 1. The molecule has 118 valence electrons. The van der Waals surface area contributed by atoms with Gasteiger partial charge in [0.05, 0.1) is 37.3 Å². The highest BCUT2D eigenvalue weighted by Crippen LogP contribution is 2.12. The monoisotopic (exact) mass is 321 g/mol. The van der Waals surface area contributed by atoms with Crippen LogP contribution in [-0.4, -0.2) is 54.5 Å². The summed E-state index contributed by atoms with van der Waals surface area (Å²) in [6.45, 7) is 5.72. The van der Waals surface area contributed by atoms with E-state index in [1.807, 2.05) is 24.3 Å². The van der Waals surface area contributed by atoms with Gasteiger partial charge in [-0.3, -0.25) is 10.9 Å². The number of hydrogen-bond acceptors (Lipinski definition) is 4. The van der Waals surface area contributed by atoms with Crippen LogP contribution in [0.15, 0.2) is 24.3 Å². The fraction of sp³-hybridized carbons (Fsp3) is 0.429. The van der Waals surface area contributed by atoms with Gasteiger partial charge in [-0.2, -0.15) is 0 Å². The highest BCUT2D eigenvalue weighted by atomic mass is 32.1. The van der Waals surface area contributed by atoms with Gasteiger partial charge in [0, 0.05) is 0 Å². The predicted octanol–water partition coefficient (Wildman–Crippen LogP) is -0.731. The summed E-state index contributed by atoms with van der Waals surface area (Å²) in [4.78, 5) is 9.12. The maximum absolute atomic E-state index is 5.34. The van der Waals surface area contributed by atoms with Gasteiger partial charge < -0.3 is 19.9 Å². The molecule has 0 radical (unpaired) electrons. The van der Waals surface area contributed by atoms with Gasteiger partial charge in [-0.25, -0.2) is 4.98 Å². The van der Waals surface area contributed by atoms with Crippen LogP contribution in [0.3, 0.4) is 0 Å². The Balaban J connectivity index is 1.38. The molecule has 1 saturated heterocycles. The number of thiocarbonyl (C=S) groups is 1. The Morgan fingerprint density at radius 3 is 2.95 bits per heavy atom. The number of rotatable bonds is 5. The molecule has 1 aromatic carbocycles. The summed E-state index contributed by atoms with van der Waals surface area (Å²) in [7, 11) is 0. The summed E-state index contributed by atoms with van der Waals surface area (Å²) >= 11 is 5.24. The van der Waals surface area contributed by atoms with Crippen LogP contribution < -0.4 is 21.1 Å². The predicted molar refractivity (Wildman–Crippen MR) is 89.8 cm³/mol. The van der Waals surface area contributed by atoms with E-state index < -0.39 is 0 Å². The summed E-state index contributed by atoms with van der Waals surface area (Å²) in [6.07, 6.45) is 0. The number of ether oxygens (including phenoxy) is 1. The van der Waals surface area contributed by atoms with Crippen molar-refractivity contribution in [2.24, 2.45) is 0 Å². The van der Waals surface area contributed by atoms with Crippen LogP contribution in [0.5, 0.6) is 0 Å². The van der Waals surface area contributed by atoms with Crippen LogP contribution >= 0.6 is 12.2 Å². The van der Waals surface area contributed by atoms with Gasteiger partial charge in [-0.05, 0) is 24.4 Å². The first-order valence-electron chi connectivity index (χ1n) is 7.47. The van der Waals surface area contributed by atoms with Crippen LogP contribution in [0.25, 0.3) is 11.0 Å². The average Bonchev–Trinajstić information content (AvgIpc) is 2.97. The molecule has 0 amide bonds. The maximum atomic E-state index is 5.34. The van der Waals surface area contributed by atoms with Crippen molar-refractivity contribution in [3.05, 3.63) is 24.3 Å². The van der Waals surface area contributed by atoms with Crippen molar-refractivity contribution in [1.29, 1.82) is 0 Å². The van der Waals surface area contributed by atoms with Crippen molar-refractivity contribution in [1.82, 2.24) is 20.7 Å². The minimum Gasteiger partial charge on any atom is -0.370 e. The fourth-order valence-corrected chi connectivity index (χ4v) is 2.59. The van der Waals surface area contributed by atoms with Gasteiger partial charge in [0.2, 0.25) is 5.95 Å². The molecule has 1 aliphatic rings. The molecule has 5 N–H and O–H groups in total.